The summed E-state index contributed by atoms with van der Waals surface area (Å²) in [6.07, 6.45) is 0. The van der Waals surface area contributed by atoms with Crippen LogP contribution in [0.1, 0.15) is 32.2 Å². The first kappa shape index (κ1) is 12.8. The molecule has 0 aliphatic heterocycles. The number of nitrogens with two attached hydrogens (primary N) is 1. The highest BCUT2D eigenvalue weighted by molar-refractivity contribution is 5.51. The van der Waals surface area contributed by atoms with Gasteiger partial charge in [-0.2, -0.15) is 9.61 Å². The first-order chi connectivity index (χ1) is 8.41. The van der Waals surface area contributed by atoms with Crippen molar-refractivity contribution in [3.05, 3.63) is 23.5 Å². The summed E-state index contributed by atoms with van der Waals surface area (Å²) >= 11 is 0. The summed E-state index contributed by atoms with van der Waals surface area (Å²) in [5, 5.41) is 7.91. The lowest BCUT2D eigenvalue weighted by atomic mass is 9.93. The average Bonchev–Trinajstić information content (AvgIpc) is 2.69. The fourth-order valence-electron chi connectivity index (χ4n) is 1.79. The summed E-state index contributed by atoms with van der Waals surface area (Å²) in [7, 11) is 0. The second-order valence-electron chi connectivity index (χ2n) is 5.55. The van der Waals surface area contributed by atoms with Crippen molar-refractivity contribution >= 4 is 11.5 Å². The van der Waals surface area contributed by atoms with Crippen LogP contribution in [0.4, 0.5) is 5.82 Å². The van der Waals surface area contributed by atoms with Crippen LogP contribution in [-0.2, 0) is 5.41 Å². The third kappa shape index (κ3) is 2.46. The molecule has 2 rings (SSSR count). The minimum Gasteiger partial charge on any atom is -0.369 e. The predicted octanol–water partition coefficient (Wildman–Crippen LogP) is 1.71. The number of fused-ring (bicyclic) bond motifs is 1. The molecule has 0 aromatic carbocycles. The molecule has 2 aromatic heterocycles. The Hall–Kier alpha value is -1.62. The molecule has 0 unspecified atom stereocenters. The molecule has 2 aromatic rings. The Morgan fingerprint density at radius 1 is 1.33 bits per heavy atom. The van der Waals surface area contributed by atoms with Gasteiger partial charge in [-0.25, -0.2) is 4.98 Å². The lowest BCUT2D eigenvalue weighted by molar-refractivity contribution is 0.563. The van der Waals surface area contributed by atoms with Gasteiger partial charge >= 0.3 is 0 Å². The molecule has 18 heavy (non-hydrogen) atoms. The van der Waals surface area contributed by atoms with Gasteiger partial charge in [0.1, 0.15) is 5.82 Å². The molecule has 98 valence electrons. The molecule has 2 heterocycles. The number of hydrogen-bond donors (Lipinski definition) is 2. The summed E-state index contributed by atoms with van der Waals surface area (Å²) in [5.74, 6) is 0.943. The van der Waals surface area contributed by atoms with E-state index in [9.17, 15) is 0 Å². The van der Waals surface area contributed by atoms with Gasteiger partial charge in [0.25, 0.3) is 0 Å². The molecule has 5 nitrogen and oxygen atoms in total. The Labute approximate surface area is 107 Å². The summed E-state index contributed by atoms with van der Waals surface area (Å²) in [4.78, 5) is 4.51. The van der Waals surface area contributed by atoms with Crippen LogP contribution in [-0.4, -0.2) is 27.7 Å². The molecular formula is C13H21N5. The number of aromatic nitrogens is 3. The summed E-state index contributed by atoms with van der Waals surface area (Å²) in [6, 6.07) is 4.03. The van der Waals surface area contributed by atoms with E-state index in [-0.39, 0.29) is 5.41 Å². The van der Waals surface area contributed by atoms with Crippen LogP contribution >= 0.6 is 0 Å². The number of nitrogens with one attached hydrogen (secondary N) is 1. The minimum atomic E-state index is 0.0206. The van der Waals surface area contributed by atoms with Crippen LogP contribution < -0.4 is 11.1 Å². The molecule has 0 bridgehead atoms. The molecular weight excluding hydrogens is 226 g/mol. The van der Waals surface area contributed by atoms with Crippen molar-refractivity contribution in [2.75, 3.05) is 18.4 Å². The molecule has 0 saturated carbocycles. The first-order valence-electron chi connectivity index (χ1n) is 6.23. The fraction of sp³-hybridized carbons (Fsp3) is 0.538. The van der Waals surface area contributed by atoms with Gasteiger partial charge in [0, 0.05) is 36.3 Å². The Balaban J connectivity index is 2.53. The maximum atomic E-state index is 5.53. The van der Waals surface area contributed by atoms with Gasteiger partial charge in [-0.15, -0.1) is 0 Å². The summed E-state index contributed by atoms with van der Waals surface area (Å²) in [5.41, 5.74) is 8.43. The van der Waals surface area contributed by atoms with Crippen LogP contribution in [0.3, 0.4) is 0 Å². The van der Waals surface area contributed by atoms with E-state index in [1.807, 2.05) is 23.6 Å². The van der Waals surface area contributed by atoms with E-state index in [0.717, 1.165) is 29.4 Å². The third-order valence-corrected chi connectivity index (χ3v) is 2.77. The number of aryl methyl sites for hydroxylation is 1. The lowest BCUT2D eigenvalue weighted by Gasteiger charge is -2.13. The Bertz CT molecular complexity index is 550. The maximum absolute atomic E-state index is 5.53. The second-order valence-corrected chi connectivity index (χ2v) is 5.55. The van der Waals surface area contributed by atoms with E-state index in [2.05, 4.69) is 36.2 Å². The van der Waals surface area contributed by atoms with Crippen LogP contribution in [0.2, 0.25) is 0 Å². The van der Waals surface area contributed by atoms with Crippen molar-refractivity contribution in [2.24, 2.45) is 5.73 Å². The summed E-state index contributed by atoms with van der Waals surface area (Å²) in [6.45, 7) is 9.74. The Kier molecular flexibility index (Phi) is 3.26. The zero-order chi connectivity index (χ0) is 13.3. The van der Waals surface area contributed by atoms with Gasteiger partial charge in [0.05, 0.1) is 5.69 Å². The number of nitrogens with zero attached hydrogens (tertiary/aromatic N) is 3. The SMILES string of the molecule is Cc1cc(NCCN)n2nc(C(C)(C)C)cc2n1. The third-order valence-electron chi connectivity index (χ3n) is 2.77. The van der Waals surface area contributed by atoms with Crippen molar-refractivity contribution in [1.82, 2.24) is 14.6 Å². The Morgan fingerprint density at radius 3 is 2.67 bits per heavy atom. The molecule has 0 radical (unpaired) electrons. The van der Waals surface area contributed by atoms with Gasteiger partial charge in [-0.1, -0.05) is 20.8 Å². The van der Waals surface area contributed by atoms with Gasteiger partial charge in [0.2, 0.25) is 0 Å². The van der Waals surface area contributed by atoms with E-state index in [1.54, 1.807) is 0 Å². The zero-order valence-corrected chi connectivity index (χ0v) is 11.5. The number of rotatable bonds is 3. The highest BCUT2D eigenvalue weighted by atomic mass is 15.3. The highest BCUT2D eigenvalue weighted by Crippen LogP contribution is 2.23. The Morgan fingerprint density at radius 2 is 2.06 bits per heavy atom. The van der Waals surface area contributed by atoms with Crippen LogP contribution in [0.25, 0.3) is 5.65 Å². The standard InChI is InChI=1S/C13H21N5/c1-9-7-11(15-6-5-14)18-12(16-9)8-10(17-18)13(2,3)4/h7-8,15H,5-6,14H2,1-4H3. The largest absolute Gasteiger partial charge is 0.369 e. The fourth-order valence-corrected chi connectivity index (χ4v) is 1.79. The molecule has 0 fully saturated rings. The van der Waals surface area contributed by atoms with Gasteiger partial charge in [-0.05, 0) is 6.92 Å². The quantitative estimate of drug-likeness (QED) is 0.866. The molecule has 0 aliphatic carbocycles. The van der Waals surface area contributed by atoms with Gasteiger partial charge in [0.15, 0.2) is 5.65 Å². The van der Waals surface area contributed by atoms with Crippen molar-refractivity contribution in [1.29, 1.82) is 0 Å². The van der Waals surface area contributed by atoms with Gasteiger partial charge in [-0.3, -0.25) is 0 Å². The molecule has 0 spiro atoms. The lowest BCUT2D eigenvalue weighted by Crippen LogP contribution is -2.16. The van der Waals surface area contributed by atoms with Crippen LogP contribution in [0, 0.1) is 6.92 Å². The monoisotopic (exact) mass is 247 g/mol. The molecule has 0 atom stereocenters. The van der Waals surface area contributed by atoms with Crippen molar-refractivity contribution in [3.63, 3.8) is 0 Å². The van der Waals surface area contributed by atoms with Crippen molar-refractivity contribution < 1.29 is 0 Å². The van der Waals surface area contributed by atoms with Crippen molar-refractivity contribution in [3.8, 4) is 0 Å². The van der Waals surface area contributed by atoms with E-state index < -0.39 is 0 Å². The van der Waals surface area contributed by atoms with Crippen molar-refractivity contribution in [2.45, 2.75) is 33.1 Å². The number of hydrogen-bond acceptors (Lipinski definition) is 4. The molecule has 0 amide bonds. The maximum Gasteiger partial charge on any atom is 0.157 e. The zero-order valence-electron chi connectivity index (χ0n) is 11.5. The molecule has 3 N–H and O–H groups in total. The molecule has 0 aliphatic rings. The smallest absolute Gasteiger partial charge is 0.157 e. The minimum absolute atomic E-state index is 0.0206. The topological polar surface area (TPSA) is 68.2 Å². The highest BCUT2D eigenvalue weighted by Gasteiger charge is 2.19. The second kappa shape index (κ2) is 4.57. The van der Waals surface area contributed by atoms with E-state index in [1.165, 1.54) is 0 Å². The van der Waals surface area contributed by atoms with Crippen LogP contribution in [0.5, 0.6) is 0 Å². The number of anilines is 1. The van der Waals surface area contributed by atoms with E-state index in [4.69, 9.17) is 5.73 Å². The van der Waals surface area contributed by atoms with Crippen LogP contribution in [0.15, 0.2) is 12.1 Å². The first-order valence-corrected chi connectivity index (χ1v) is 6.23. The van der Waals surface area contributed by atoms with E-state index in [0.29, 0.717) is 6.54 Å². The predicted molar refractivity (Wildman–Crippen MR) is 74.0 cm³/mol. The van der Waals surface area contributed by atoms with E-state index >= 15 is 0 Å². The van der Waals surface area contributed by atoms with Gasteiger partial charge < -0.3 is 11.1 Å². The average molecular weight is 247 g/mol. The summed E-state index contributed by atoms with van der Waals surface area (Å²) < 4.78 is 1.85. The molecule has 5 heteroatoms. The molecule has 0 saturated heterocycles. The normalized spacial score (nSPS) is 12.1.